The molecule has 1 heterocycles. The molecule has 108 valence electrons. The summed E-state index contributed by atoms with van der Waals surface area (Å²) >= 11 is 0. The number of hydrogen-bond donors (Lipinski definition) is 1. The van der Waals surface area contributed by atoms with Crippen LogP contribution in [0.25, 0.3) is 0 Å². The van der Waals surface area contributed by atoms with E-state index in [0.717, 1.165) is 45.2 Å². The van der Waals surface area contributed by atoms with Crippen LogP contribution in [0.5, 0.6) is 0 Å². The third-order valence-corrected chi connectivity index (χ3v) is 4.80. The first-order valence-electron chi connectivity index (χ1n) is 7.54. The Kier molecular flexibility index (Phi) is 4.61. The van der Waals surface area contributed by atoms with Crippen LogP contribution >= 0.6 is 0 Å². The fourth-order valence-electron chi connectivity index (χ4n) is 3.52. The average molecular weight is 267 g/mol. The Balaban J connectivity index is 1.97. The molecule has 0 bridgehead atoms. The van der Waals surface area contributed by atoms with Crippen LogP contribution in [0.4, 0.5) is 0 Å². The lowest BCUT2D eigenvalue weighted by Crippen LogP contribution is -2.54. The second-order valence-corrected chi connectivity index (χ2v) is 5.91. The van der Waals surface area contributed by atoms with Crippen LogP contribution in [-0.2, 0) is 14.3 Å². The molecular weight excluding hydrogens is 242 g/mol. The van der Waals surface area contributed by atoms with Crippen molar-refractivity contribution in [3.63, 3.8) is 0 Å². The van der Waals surface area contributed by atoms with Crippen LogP contribution in [0.3, 0.4) is 0 Å². The van der Waals surface area contributed by atoms with E-state index < -0.39 is 0 Å². The monoisotopic (exact) mass is 267 g/mol. The highest BCUT2D eigenvalue weighted by atomic mass is 16.5. The molecule has 0 aromatic carbocycles. The highest BCUT2D eigenvalue weighted by molar-refractivity contribution is 5.88. The van der Waals surface area contributed by atoms with E-state index in [9.17, 15) is 9.59 Å². The molecular formula is C15H25NO3. The van der Waals surface area contributed by atoms with Gasteiger partial charge in [-0.3, -0.25) is 9.59 Å². The van der Waals surface area contributed by atoms with Crippen LogP contribution in [0.2, 0.25) is 0 Å². The van der Waals surface area contributed by atoms with Gasteiger partial charge in [-0.25, -0.2) is 0 Å². The number of carbonyl (C=O) groups is 2. The molecule has 1 saturated heterocycles. The van der Waals surface area contributed by atoms with Gasteiger partial charge in [0.25, 0.3) is 0 Å². The Hall–Kier alpha value is -0.900. The van der Waals surface area contributed by atoms with E-state index in [1.165, 1.54) is 0 Å². The van der Waals surface area contributed by atoms with Crippen molar-refractivity contribution in [3.05, 3.63) is 0 Å². The number of piperidine rings is 1. The fourth-order valence-corrected chi connectivity index (χ4v) is 3.52. The van der Waals surface area contributed by atoms with Gasteiger partial charge in [-0.1, -0.05) is 6.92 Å². The fraction of sp³-hybridized carbons (Fsp3) is 0.867. The second kappa shape index (κ2) is 6.04. The third-order valence-electron chi connectivity index (χ3n) is 4.80. The molecule has 0 amide bonds. The lowest BCUT2D eigenvalue weighted by atomic mass is 9.63. The molecule has 0 radical (unpaired) electrons. The normalized spacial score (nSPS) is 35.4. The molecule has 1 saturated carbocycles. The minimum atomic E-state index is -0.206. The summed E-state index contributed by atoms with van der Waals surface area (Å²) in [6.45, 7) is 5.96. The molecule has 1 aliphatic heterocycles. The number of Topliss-reactive ketones (excluding diaryl/α,β-unsaturated/α-hetero) is 1. The van der Waals surface area contributed by atoms with E-state index in [1.807, 2.05) is 6.92 Å². The summed E-state index contributed by atoms with van der Waals surface area (Å²) in [5.41, 5.74) is -0.206. The number of esters is 1. The summed E-state index contributed by atoms with van der Waals surface area (Å²) in [6, 6.07) is 0. The molecule has 0 aromatic rings. The smallest absolute Gasteiger partial charge is 0.308 e. The number of ketones is 1. The Labute approximate surface area is 115 Å². The molecule has 1 spiro atoms. The lowest BCUT2D eigenvalue weighted by Gasteiger charge is -2.43. The van der Waals surface area contributed by atoms with Gasteiger partial charge in [0.15, 0.2) is 0 Å². The Morgan fingerprint density at radius 3 is 2.63 bits per heavy atom. The Bertz CT molecular complexity index is 345. The molecule has 1 atom stereocenters. The first-order valence-corrected chi connectivity index (χ1v) is 7.54. The van der Waals surface area contributed by atoms with Crippen molar-refractivity contribution >= 4 is 11.8 Å². The molecule has 19 heavy (non-hydrogen) atoms. The van der Waals surface area contributed by atoms with Gasteiger partial charge in [0.1, 0.15) is 5.78 Å². The van der Waals surface area contributed by atoms with E-state index in [-0.39, 0.29) is 23.2 Å². The molecule has 2 rings (SSSR count). The maximum atomic E-state index is 12.6. The molecule has 2 fully saturated rings. The summed E-state index contributed by atoms with van der Waals surface area (Å²) in [6.07, 6.45) is 4.16. The third kappa shape index (κ3) is 2.83. The zero-order chi connectivity index (χ0) is 13.9. The first-order chi connectivity index (χ1) is 9.13. The predicted octanol–water partition coefficient (Wildman–Crippen LogP) is 1.92. The molecule has 0 aromatic heterocycles. The zero-order valence-electron chi connectivity index (χ0n) is 12.0. The highest BCUT2D eigenvalue weighted by Crippen LogP contribution is 2.43. The number of rotatable bonds is 3. The minimum absolute atomic E-state index is 0.000350. The lowest BCUT2D eigenvalue weighted by molar-refractivity contribution is -0.152. The summed E-state index contributed by atoms with van der Waals surface area (Å²) in [5.74, 6) is 0.505. The second-order valence-electron chi connectivity index (χ2n) is 5.91. The number of carbonyl (C=O) groups excluding carboxylic acids is 2. The molecule has 4 heteroatoms. The van der Waals surface area contributed by atoms with Crippen molar-refractivity contribution in [2.24, 2.45) is 17.3 Å². The van der Waals surface area contributed by atoms with Crippen LogP contribution in [-0.4, -0.2) is 31.4 Å². The molecule has 1 unspecified atom stereocenters. The summed E-state index contributed by atoms with van der Waals surface area (Å²) in [7, 11) is 0. The van der Waals surface area contributed by atoms with Crippen molar-refractivity contribution in [2.45, 2.75) is 46.0 Å². The Morgan fingerprint density at radius 1 is 1.37 bits per heavy atom. The molecule has 1 N–H and O–H groups in total. The summed E-state index contributed by atoms with van der Waals surface area (Å²) in [4.78, 5) is 24.3. The van der Waals surface area contributed by atoms with E-state index >= 15 is 0 Å². The minimum Gasteiger partial charge on any atom is -0.466 e. The van der Waals surface area contributed by atoms with Crippen molar-refractivity contribution in [1.82, 2.24) is 5.32 Å². The van der Waals surface area contributed by atoms with E-state index in [4.69, 9.17) is 4.74 Å². The number of nitrogens with one attached hydrogen (secondary N) is 1. The van der Waals surface area contributed by atoms with E-state index in [0.29, 0.717) is 12.4 Å². The number of hydrogen-bond acceptors (Lipinski definition) is 4. The highest BCUT2D eigenvalue weighted by Gasteiger charge is 2.47. The van der Waals surface area contributed by atoms with Gasteiger partial charge in [-0.15, -0.1) is 0 Å². The maximum absolute atomic E-state index is 12.6. The van der Waals surface area contributed by atoms with Crippen LogP contribution < -0.4 is 5.32 Å². The maximum Gasteiger partial charge on any atom is 0.308 e. The van der Waals surface area contributed by atoms with Crippen LogP contribution in [0, 0.1) is 17.3 Å². The van der Waals surface area contributed by atoms with Gasteiger partial charge in [0.05, 0.1) is 12.5 Å². The average Bonchev–Trinajstić information content (AvgIpc) is 2.43. The largest absolute Gasteiger partial charge is 0.466 e. The standard InChI is InChI=1S/C15H25NO3/c1-3-11-9-16-10-15(13(11)17)7-5-12(6-8-15)14(18)19-4-2/h11-12,16H,3-10H2,1-2H3. The SMILES string of the molecule is CCOC(=O)C1CCC2(CC1)CNCC(CC)C2=O. The van der Waals surface area contributed by atoms with Crippen molar-refractivity contribution < 1.29 is 14.3 Å². The van der Waals surface area contributed by atoms with Crippen molar-refractivity contribution in [2.75, 3.05) is 19.7 Å². The van der Waals surface area contributed by atoms with Gasteiger partial charge in [-0.05, 0) is 39.0 Å². The predicted molar refractivity (Wildman–Crippen MR) is 72.7 cm³/mol. The van der Waals surface area contributed by atoms with Crippen molar-refractivity contribution in [1.29, 1.82) is 0 Å². The van der Waals surface area contributed by atoms with Gasteiger partial charge in [-0.2, -0.15) is 0 Å². The van der Waals surface area contributed by atoms with E-state index in [2.05, 4.69) is 12.2 Å². The van der Waals surface area contributed by atoms with Crippen LogP contribution in [0.1, 0.15) is 46.0 Å². The van der Waals surface area contributed by atoms with Gasteiger partial charge >= 0.3 is 5.97 Å². The molecule has 1 aliphatic carbocycles. The molecule has 2 aliphatic rings. The van der Waals surface area contributed by atoms with Crippen molar-refractivity contribution in [3.8, 4) is 0 Å². The van der Waals surface area contributed by atoms with Gasteiger partial charge in [0, 0.05) is 24.4 Å². The van der Waals surface area contributed by atoms with E-state index in [1.54, 1.807) is 0 Å². The first kappa shape index (κ1) is 14.5. The van der Waals surface area contributed by atoms with Gasteiger partial charge in [0.2, 0.25) is 0 Å². The Morgan fingerprint density at radius 2 is 2.05 bits per heavy atom. The topological polar surface area (TPSA) is 55.4 Å². The zero-order valence-corrected chi connectivity index (χ0v) is 12.0. The van der Waals surface area contributed by atoms with Crippen LogP contribution in [0.15, 0.2) is 0 Å². The quantitative estimate of drug-likeness (QED) is 0.794. The molecule has 4 nitrogen and oxygen atoms in total. The van der Waals surface area contributed by atoms with Gasteiger partial charge < -0.3 is 10.1 Å². The summed E-state index contributed by atoms with van der Waals surface area (Å²) < 4.78 is 5.09. The summed E-state index contributed by atoms with van der Waals surface area (Å²) in [5, 5.41) is 3.41. The number of ether oxygens (including phenoxy) is 1.